The fourth-order valence-electron chi connectivity index (χ4n) is 3.41. The van der Waals surface area contributed by atoms with Gasteiger partial charge in [-0.05, 0) is 55.8 Å². The first-order valence-electron chi connectivity index (χ1n) is 9.49. The molecule has 1 saturated heterocycles. The van der Waals surface area contributed by atoms with Gasteiger partial charge in [-0.15, -0.1) is 24.5 Å². The van der Waals surface area contributed by atoms with Crippen molar-refractivity contribution in [3.63, 3.8) is 0 Å². The van der Waals surface area contributed by atoms with Gasteiger partial charge in [-0.25, -0.2) is 0 Å². The van der Waals surface area contributed by atoms with Crippen LogP contribution in [0.5, 0.6) is 5.75 Å². The summed E-state index contributed by atoms with van der Waals surface area (Å²) < 4.78 is 41.2. The first-order chi connectivity index (χ1) is 14.2. The monoisotopic (exact) mass is 462 g/mol. The van der Waals surface area contributed by atoms with E-state index in [2.05, 4.69) is 15.0 Å². The van der Waals surface area contributed by atoms with Crippen LogP contribution < -0.4 is 10.1 Å². The summed E-state index contributed by atoms with van der Waals surface area (Å²) >= 11 is 7.23. The third-order valence-corrected chi connectivity index (χ3v) is 6.09. The van der Waals surface area contributed by atoms with E-state index in [4.69, 9.17) is 11.6 Å². The topological polar surface area (TPSA) is 61.8 Å². The van der Waals surface area contributed by atoms with E-state index in [0.717, 1.165) is 25.9 Å². The number of aliphatic hydroxyl groups excluding tert-OH is 1. The molecule has 1 aliphatic rings. The number of nitrogens with zero attached hydrogens (tertiary/aromatic N) is 1. The second-order valence-corrected chi connectivity index (χ2v) is 8.88. The average molecular weight is 463 g/mol. The Hall–Kier alpha value is -1.81. The number of amides is 1. The molecule has 1 amide bonds. The van der Waals surface area contributed by atoms with Crippen LogP contribution >= 0.6 is 22.9 Å². The van der Waals surface area contributed by atoms with Crippen LogP contribution in [-0.4, -0.2) is 48.0 Å². The largest absolute Gasteiger partial charge is 0.573 e. The maximum Gasteiger partial charge on any atom is 0.573 e. The zero-order valence-corrected chi connectivity index (χ0v) is 17.6. The van der Waals surface area contributed by atoms with Gasteiger partial charge >= 0.3 is 6.36 Å². The van der Waals surface area contributed by atoms with E-state index < -0.39 is 18.5 Å². The lowest BCUT2D eigenvalue weighted by Gasteiger charge is -2.28. The van der Waals surface area contributed by atoms with Crippen molar-refractivity contribution >= 4 is 28.8 Å². The third-order valence-electron chi connectivity index (χ3n) is 4.79. The van der Waals surface area contributed by atoms with Crippen LogP contribution in [0.4, 0.5) is 13.2 Å². The van der Waals surface area contributed by atoms with E-state index in [1.165, 1.54) is 35.6 Å². The Balaban J connectivity index is 1.63. The van der Waals surface area contributed by atoms with Gasteiger partial charge in [-0.1, -0.05) is 23.7 Å². The van der Waals surface area contributed by atoms with E-state index in [1.54, 1.807) is 12.1 Å². The lowest BCUT2D eigenvalue weighted by molar-refractivity contribution is -0.274. The summed E-state index contributed by atoms with van der Waals surface area (Å²) in [4.78, 5) is 15.4. The second kappa shape index (κ2) is 10.00. The molecule has 5 nitrogen and oxygen atoms in total. The number of benzene rings is 1. The highest BCUT2D eigenvalue weighted by Crippen LogP contribution is 2.29. The molecular formula is C20H22ClF3N2O3S. The minimum Gasteiger partial charge on any atom is -0.406 e. The predicted octanol–water partition coefficient (Wildman–Crippen LogP) is 4.16. The van der Waals surface area contributed by atoms with Gasteiger partial charge in [0.05, 0.1) is 16.8 Å². The summed E-state index contributed by atoms with van der Waals surface area (Å²) in [5.74, 6) is -0.672. The second-order valence-electron chi connectivity index (χ2n) is 7.14. The number of likely N-dealkylation sites (tertiary alicyclic amines) is 1. The Morgan fingerprint density at radius 1 is 1.20 bits per heavy atom. The summed E-state index contributed by atoms with van der Waals surface area (Å²) in [6.07, 6.45) is -3.54. The summed E-state index contributed by atoms with van der Waals surface area (Å²) in [6, 6.07) is 8.06. The molecule has 1 aromatic heterocycles. The number of halogens is 4. The number of aliphatic hydroxyl groups is 1. The minimum atomic E-state index is -4.76. The highest BCUT2D eigenvalue weighted by molar-refractivity contribution is 7.16. The van der Waals surface area contributed by atoms with E-state index in [1.807, 2.05) is 0 Å². The van der Waals surface area contributed by atoms with Gasteiger partial charge in [0.25, 0.3) is 0 Å². The molecule has 0 unspecified atom stereocenters. The fourth-order valence-corrected chi connectivity index (χ4v) is 4.52. The molecule has 0 radical (unpaired) electrons. The van der Waals surface area contributed by atoms with Gasteiger partial charge in [0.15, 0.2) is 0 Å². The molecule has 2 atom stereocenters. The summed E-state index contributed by atoms with van der Waals surface area (Å²) in [6.45, 7) is 2.32. The lowest BCUT2D eigenvalue weighted by Crippen LogP contribution is -2.47. The standard InChI is InChI=1S/C20H22ClF3N2O3S/c21-17-8-7-16(30-17)19(28)15(12-26-9-1-2-10-26)25-18(27)11-13-3-5-14(6-4-13)29-20(22,23)24/h3-8,15,19,28H,1-2,9-12H2,(H,25,27)/t15-,19+/m1/s1. The highest BCUT2D eigenvalue weighted by atomic mass is 35.5. The number of hydrogen-bond acceptors (Lipinski definition) is 5. The molecule has 1 fully saturated rings. The van der Waals surface area contributed by atoms with Crippen molar-refractivity contribution in [3.8, 4) is 5.75 Å². The van der Waals surface area contributed by atoms with Crippen molar-refractivity contribution in [2.75, 3.05) is 19.6 Å². The maximum absolute atomic E-state index is 12.6. The number of carbonyl (C=O) groups excluding carboxylic acids is 1. The molecule has 0 aliphatic carbocycles. The number of thiophene rings is 1. The summed E-state index contributed by atoms with van der Waals surface area (Å²) in [5, 5.41) is 13.7. The molecule has 164 valence electrons. The van der Waals surface area contributed by atoms with Gasteiger partial charge in [-0.2, -0.15) is 0 Å². The Labute approximate surface area is 181 Å². The summed E-state index contributed by atoms with van der Waals surface area (Å²) in [5.41, 5.74) is 0.538. The minimum absolute atomic E-state index is 0.0271. The van der Waals surface area contributed by atoms with Crippen molar-refractivity contribution in [2.45, 2.75) is 37.8 Å². The molecule has 2 heterocycles. The van der Waals surface area contributed by atoms with E-state index in [-0.39, 0.29) is 18.1 Å². The van der Waals surface area contributed by atoms with Gasteiger partial charge in [0, 0.05) is 11.4 Å². The summed E-state index contributed by atoms with van der Waals surface area (Å²) in [7, 11) is 0. The van der Waals surface area contributed by atoms with Crippen molar-refractivity contribution in [1.29, 1.82) is 0 Å². The molecule has 2 N–H and O–H groups in total. The number of nitrogens with one attached hydrogen (secondary N) is 1. The van der Waals surface area contributed by atoms with Crippen molar-refractivity contribution in [2.24, 2.45) is 0 Å². The first kappa shape index (κ1) is 22.9. The number of carbonyl (C=O) groups is 1. The molecule has 0 spiro atoms. The zero-order chi connectivity index (χ0) is 21.7. The van der Waals surface area contributed by atoms with Crippen LogP contribution in [0.2, 0.25) is 4.34 Å². The molecular weight excluding hydrogens is 441 g/mol. The maximum atomic E-state index is 12.6. The van der Waals surface area contributed by atoms with E-state index in [9.17, 15) is 23.1 Å². The first-order valence-corrected chi connectivity index (χ1v) is 10.7. The number of rotatable bonds is 8. The van der Waals surface area contributed by atoms with Crippen molar-refractivity contribution in [1.82, 2.24) is 10.2 Å². The van der Waals surface area contributed by atoms with Crippen molar-refractivity contribution in [3.05, 3.63) is 51.2 Å². The zero-order valence-electron chi connectivity index (χ0n) is 16.0. The molecule has 1 aromatic carbocycles. The molecule has 3 rings (SSSR count). The van der Waals surface area contributed by atoms with E-state index in [0.29, 0.717) is 21.3 Å². The SMILES string of the molecule is O=C(Cc1ccc(OC(F)(F)F)cc1)N[C@H](CN1CCCC1)[C@H](O)c1ccc(Cl)s1. The van der Waals surface area contributed by atoms with E-state index >= 15 is 0 Å². The third kappa shape index (κ3) is 6.87. The van der Waals surface area contributed by atoms with Gasteiger partial charge in [0.2, 0.25) is 5.91 Å². The molecule has 0 bridgehead atoms. The van der Waals surface area contributed by atoms with Crippen molar-refractivity contribution < 1.29 is 27.8 Å². The predicted molar refractivity (Wildman–Crippen MR) is 109 cm³/mol. The van der Waals surface area contributed by atoms with Crippen LogP contribution in [0, 0.1) is 0 Å². The number of ether oxygens (including phenoxy) is 1. The Kier molecular flexibility index (Phi) is 7.62. The lowest BCUT2D eigenvalue weighted by atomic mass is 10.1. The number of alkyl halides is 3. The average Bonchev–Trinajstić information content (AvgIpc) is 3.33. The Morgan fingerprint density at radius 2 is 1.87 bits per heavy atom. The Bertz CT molecular complexity index is 839. The molecule has 30 heavy (non-hydrogen) atoms. The van der Waals surface area contributed by atoms with Crippen LogP contribution in [0.3, 0.4) is 0 Å². The smallest absolute Gasteiger partial charge is 0.406 e. The van der Waals surface area contributed by atoms with Gasteiger partial charge in [-0.3, -0.25) is 4.79 Å². The molecule has 10 heteroatoms. The molecule has 1 aliphatic heterocycles. The van der Waals surface area contributed by atoms with Crippen LogP contribution in [0.15, 0.2) is 36.4 Å². The quantitative estimate of drug-likeness (QED) is 0.618. The fraction of sp³-hybridized carbons (Fsp3) is 0.450. The van der Waals surface area contributed by atoms with Crippen LogP contribution in [0.25, 0.3) is 0 Å². The van der Waals surface area contributed by atoms with Gasteiger partial charge < -0.3 is 20.1 Å². The van der Waals surface area contributed by atoms with Crippen LogP contribution in [0.1, 0.15) is 29.4 Å². The highest BCUT2D eigenvalue weighted by Gasteiger charge is 2.31. The molecule has 0 saturated carbocycles. The normalized spacial score (nSPS) is 17.0. The van der Waals surface area contributed by atoms with Gasteiger partial charge in [0.1, 0.15) is 11.9 Å². The Morgan fingerprint density at radius 3 is 2.43 bits per heavy atom. The number of hydrogen-bond donors (Lipinski definition) is 2. The van der Waals surface area contributed by atoms with Crippen LogP contribution in [-0.2, 0) is 11.2 Å². The molecule has 2 aromatic rings.